The summed E-state index contributed by atoms with van der Waals surface area (Å²) in [6, 6.07) is 4.57. The van der Waals surface area contributed by atoms with Crippen molar-refractivity contribution in [1.29, 1.82) is 0 Å². The zero-order valence-electron chi connectivity index (χ0n) is 9.94. The molecular formula is C12H10ClN3O2S. The SMILES string of the molecule is CC(=O)c1csc(NC(=O)c2cc(N)cc(Cl)c2)n1. The Morgan fingerprint density at radius 2 is 2.11 bits per heavy atom. The number of nitrogens with two attached hydrogens (primary N) is 1. The molecule has 1 aromatic heterocycles. The molecule has 0 fully saturated rings. The Labute approximate surface area is 118 Å². The van der Waals surface area contributed by atoms with Crippen molar-refractivity contribution < 1.29 is 9.59 Å². The highest BCUT2D eigenvalue weighted by Gasteiger charge is 2.11. The van der Waals surface area contributed by atoms with Gasteiger partial charge in [0.1, 0.15) is 5.69 Å². The Hall–Kier alpha value is -1.92. The van der Waals surface area contributed by atoms with Crippen LogP contribution in [-0.4, -0.2) is 16.7 Å². The summed E-state index contributed by atoms with van der Waals surface area (Å²) in [5.41, 5.74) is 6.68. The van der Waals surface area contributed by atoms with Gasteiger partial charge in [-0.2, -0.15) is 0 Å². The van der Waals surface area contributed by atoms with Crippen LogP contribution in [0, 0.1) is 0 Å². The van der Waals surface area contributed by atoms with Crippen molar-refractivity contribution in [2.75, 3.05) is 11.1 Å². The number of benzene rings is 1. The number of anilines is 2. The maximum absolute atomic E-state index is 12.0. The molecule has 0 saturated heterocycles. The smallest absolute Gasteiger partial charge is 0.257 e. The van der Waals surface area contributed by atoms with Crippen molar-refractivity contribution in [3.63, 3.8) is 0 Å². The average molecular weight is 296 g/mol. The Morgan fingerprint density at radius 1 is 1.37 bits per heavy atom. The first kappa shape index (κ1) is 13.5. The predicted octanol–water partition coefficient (Wildman–Crippen LogP) is 2.83. The topological polar surface area (TPSA) is 85.1 Å². The number of Topliss-reactive ketones (excluding diaryl/α,β-unsaturated/α-hetero) is 1. The highest BCUT2D eigenvalue weighted by Crippen LogP contribution is 2.20. The van der Waals surface area contributed by atoms with E-state index in [9.17, 15) is 9.59 Å². The van der Waals surface area contributed by atoms with Gasteiger partial charge in [0.15, 0.2) is 10.9 Å². The van der Waals surface area contributed by atoms with Gasteiger partial charge in [-0.3, -0.25) is 14.9 Å². The maximum Gasteiger partial charge on any atom is 0.257 e. The molecule has 5 nitrogen and oxygen atoms in total. The number of carbonyl (C=O) groups excluding carboxylic acids is 2. The van der Waals surface area contributed by atoms with E-state index in [4.69, 9.17) is 17.3 Å². The fraction of sp³-hybridized carbons (Fsp3) is 0.0833. The van der Waals surface area contributed by atoms with Gasteiger partial charge in [0.05, 0.1) is 0 Å². The highest BCUT2D eigenvalue weighted by atomic mass is 35.5. The minimum Gasteiger partial charge on any atom is -0.399 e. The molecule has 98 valence electrons. The van der Waals surface area contributed by atoms with Crippen LogP contribution in [0.3, 0.4) is 0 Å². The van der Waals surface area contributed by atoms with E-state index in [0.717, 1.165) is 0 Å². The number of carbonyl (C=O) groups is 2. The molecule has 0 spiro atoms. The number of nitrogen functional groups attached to an aromatic ring is 1. The standard InChI is InChI=1S/C12H10ClN3O2S/c1-6(17)10-5-19-12(15-10)16-11(18)7-2-8(13)4-9(14)3-7/h2-5H,14H2,1H3,(H,15,16,18). The van der Waals surface area contributed by atoms with Gasteiger partial charge in [0, 0.05) is 28.6 Å². The van der Waals surface area contributed by atoms with Gasteiger partial charge in [0.25, 0.3) is 5.91 Å². The van der Waals surface area contributed by atoms with E-state index in [1.807, 2.05) is 0 Å². The zero-order chi connectivity index (χ0) is 14.0. The molecule has 19 heavy (non-hydrogen) atoms. The summed E-state index contributed by atoms with van der Waals surface area (Å²) >= 11 is 7.01. The molecule has 1 heterocycles. The van der Waals surface area contributed by atoms with Crippen LogP contribution >= 0.6 is 22.9 Å². The average Bonchev–Trinajstić information content (AvgIpc) is 2.76. The molecule has 1 amide bonds. The quantitative estimate of drug-likeness (QED) is 0.673. The van der Waals surface area contributed by atoms with E-state index in [1.165, 1.54) is 30.4 Å². The maximum atomic E-state index is 12.0. The fourth-order valence-corrected chi connectivity index (χ4v) is 2.39. The molecule has 2 rings (SSSR count). The molecule has 7 heteroatoms. The lowest BCUT2D eigenvalue weighted by atomic mass is 10.2. The minimum absolute atomic E-state index is 0.149. The largest absolute Gasteiger partial charge is 0.399 e. The number of ketones is 1. The molecule has 0 aliphatic carbocycles. The first-order chi connectivity index (χ1) is 8.95. The van der Waals surface area contributed by atoms with E-state index in [1.54, 1.807) is 11.4 Å². The number of aromatic nitrogens is 1. The lowest BCUT2D eigenvalue weighted by molar-refractivity contribution is 0.100. The lowest BCUT2D eigenvalue weighted by Gasteiger charge is -2.03. The minimum atomic E-state index is -0.376. The number of rotatable bonds is 3. The number of hydrogen-bond donors (Lipinski definition) is 2. The van der Waals surface area contributed by atoms with Crippen molar-refractivity contribution in [2.24, 2.45) is 0 Å². The molecule has 0 atom stereocenters. The van der Waals surface area contributed by atoms with Crippen LogP contribution in [0.5, 0.6) is 0 Å². The van der Waals surface area contributed by atoms with Gasteiger partial charge in [0.2, 0.25) is 0 Å². The second kappa shape index (κ2) is 5.38. The normalized spacial score (nSPS) is 10.2. The third-order valence-corrected chi connectivity index (χ3v) is 3.24. The summed E-state index contributed by atoms with van der Waals surface area (Å²) in [6.45, 7) is 1.42. The van der Waals surface area contributed by atoms with Gasteiger partial charge < -0.3 is 5.73 Å². The van der Waals surface area contributed by atoms with E-state index in [2.05, 4.69) is 10.3 Å². The van der Waals surface area contributed by atoms with Gasteiger partial charge in [-0.25, -0.2) is 4.98 Å². The highest BCUT2D eigenvalue weighted by molar-refractivity contribution is 7.14. The van der Waals surface area contributed by atoms with Crippen molar-refractivity contribution >= 4 is 45.4 Å². The second-order valence-electron chi connectivity index (χ2n) is 3.82. The Morgan fingerprint density at radius 3 is 2.68 bits per heavy atom. The lowest BCUT2D eigenvalue weighted by Crippen LogP contribution is -2.12. The van der Waals surface area contributed by atoms with Crippen LogP contribution in [-0.2, 0) is 0 Å². The van der Waals surface area contributed by atoms with E-state index >= 15 is 0 Å². The first-order valence-corrected chi connectivity index (χ1v) is 6.55. The molecule has 2 aromatic rings. The number of hydrogen-bond acceptors (Lipinski definition) is 5. The summed E-state index contributed by atoms with van der Waals surface area (Å²) < 4.78 is 0. The third-order valence-electron chi connectivity index (χ3n) is 2.27. The monoisotopic (exact) mass is 295 g/mol. The number of nitrogens with one attached hydrogen (secondary N) is 1. The molecule has 1 aromatic carbocycles. The number of amides is 1. The van der Waals surface area contributed by atoms with Crippen LogP contribution in [0.25, 0.3) is 0 Å². The predicted molar refractivity (Wildman–Crippen MR) is 75.9 cm³/mol. The van der Waals surface area contributed by atoms with Gasteiger partial charge >= 0.3 is 0 Å². The summed E-state index contributed by atoms with van der Waals surface area (Å²) in [5, 5.41) is 4.92. The van der Waals surface area contributed by atoms with Gasteiger partial charge in [-0.15, -0.1) is 11.3 Å². The number of thiazole rings is 1. The Balaban J connectivity index is 2.18. The van der Waals surface area contributed by atoms with E-state index < -0.39 is 0 Å². The molecule has 0 saturated carbocycles. The Bertz CT molecular complexity index is 634. The van der Waals surface area contributed by atoms with Gasteiger partial charge in [-0.1, -0.05) is 11.6 Å². The third kappa shape index (κ3) is 3.30. The van der Waals surface area contributed by atoms with Crippen molar-refractivity contribution in [3.05, 3.63) is 39.9 Å². The van der Waals surface area contributed by atoms with Crippen LogP contribution < -0.4 is 11.1 Å². The van der Waals surface area contributed by atoms with Crippen molar-refractivity contribution in [3.8, 4) is 0 Å². The molecule has 0 aliphatic rings. The Kier molecular flexibility index (Phi) is 3.82. The van der Waals surface area contributed by atoms with E-state index in [-0.39, 0.29) is 11.7 Å². The van der Waals surface area contributed by atoms with Crippen molar-refractivity contribution in [1.82, 2.24) is 4.98 Å². The molecule has 0 aliphatic heterocycles. The first-order valence-electron chi connectivity index (χ1n) is 5.29. The summed E-state index contributed by atoms with van der Waals surface area (Å²) in [6.07, 6.45) is 0. The van der Waals surface area contributed by atoms with Gasteiger partial charge in [-0.05, 0) is 18.2 Å². The number of nitrogens with zero attached hydrogens (tertiary/aromatic N) is 1. The second-order valence-corrected chi connectivity index (χ2v) is 5.12. The van der Waals surface area contributed by atoms with Crippen LogP contribution in [0.15, 0.2) is 23.6 Å². The summed E-state index contributed by atoms with van der Waals surface area (Å²) in [7, 11) is 0. The molecule has 3 N–H and O–H groups in total. The van der Waals surface area contributed by atoms with E-state index in [0.29, 0.717) is 27.1 Å². The van der Waals surface area contributed by atoms with Crippen LogP contribution in [0.4, 0.5) is 10.8 Å². The fourth-order valence-electron chi connectivity index (χ4n) is 1.41. The number of halogens is 1. The summed E-state index contributed by atoms with van der Waals surface area (Å²) in [5.74, 6) is -0.526. The van der Waals surface area contributed by atoms with Crippen LogP contribution in [0.1, 0.15) is 27.8 Å². The molecule has 0 radical (unpaired) electrons. The van der Waals surface area contributed by atoms with Crippen LogP contribution in [0.2, 0.25) is 5.02 Å². The molecule has 0 bridgehead atoms. The zero-order valence-corrected chi connectivity index (χ0v) is 11.5. The molecular weight excluding hydrogens is 286 g/mol. The summed E-state index contributed by atoms with van der Waals surface area (Å²) in [4.78, 5) is 27.0. The van der Waals surface area contributed by atoms with Crippen molar-refractivity contribution in [2.45, 2.75) is 6.92 Å². The molecule has 0 unspecified atom stereocenters.